The van der Waals surface area contributed by atoms with Crippen LogP contribution in [0.15, 0.2) is 53.5 Å². The summed E-state index contributed by atoms with van der Waals surface area (Å²) in [5.41, 5.74) is 7.17. The minimum Gasteiger partial charge on any atom is -0.384 e. The second-order valence-corrected chi connectivity index (χ2v) is 4.61. The Bertz CT molecular complexity index is 645. The van der Waals surface area contributed by atoms with E-state index in [1.165, 1.54) is 0 Å². The monoisotopic (exact) mass is 270 g/mol. The summed E-state index contributed by atoms with van der Waals surface area (Å²) in [6.45, 7) is 1.36. The number of nitrogens with one attached hydrogen (secondary N) is 1. The van der Waals surface area contributed by atoms with Crippen molar-refractivity contribution in [3.63, 3.8) is 0 Å². The van der Waals surface area contributed by atoms with Gasteiger partial charge in [0.15, 0.2) is 0 Å². The summed E-state index contributed by atoms with van der Waals surface area (Å²) in [6.07, 6.45) is 1.79. The number of anilines is 1. The number of likely N-dealkylation sites (N-methyl/N-ethyl adjacent to an activating group) is 1. The van der Waals surface area contributed by atoms with Gasteiger partial charge in [0.2, 0.25) is 0 Å². The first-order valence-electron chi connectivity index (χ1n) is 6.39. The molecule has 0 saturated carbocycles. The highest BCUT2D eigenvalue weighted by Gasteiger charge is 2.03. The zero-order chi connectivity index (χ0) is 14.5. The lowest BCUT2D eigenvalue weighted by atomic mass is 10.2. The second-order valence-electron chi connectivity index (χ2n) is 4.61. The smallest absolute Gasteiger partial charge is 0.250 e. The predicted molar refractivity (Wildman–Crippen MR) is 81.4 cm³/mol. The van der Waals surface area contributed by atoms with Gasteiger partial charge in [-0.3, -0.25) is 10.2 Å². The Hall–Kier alpha value is -2.56. The van der Waals surface area contributed by atoms with Crippen molar-refractivity contribution in [1.29, 1.82) is 5.41 Å². The van der Waals surface area contributed by atoms with Crippen LogP contribution >= 0.6 is 0 Å². The van der Waals surface area contributed by atoms with Crippen LogP contribution < -0.4 is 16.2 Å². The zero-order valence-corrected chi connectivity index (χ0v) is 11.4. The van der Waals surface area contributed by atoms with Gasteiger partial charge >= 0.3 is 0 Å². The van der Waals surface area contributed by atoms with Crippen LogP contribution in [0, 0.1) is 5.41 Å². The lowest BCUT2D eigenvalue weighted by molar-refractivity contribution is 0.661. The Balaban J connectivity index is 2.01. The molecule has 0 fully saturated rings. The third-order valence-corrected chi connectivity index (χ3v) is 3.19. The predicted octanol–water partition coefficient (Wildman–Crippen LogP) is 1.27. The lowest BCUT2D eigenvalue weighted by Gasteiger charge is -2.20. The van der Waals surface area contributed by atoms with E-state index in [1.54, 1.807) is 22.9 Å². The molecule has 2 rings (SSSR count). The highest BCUT2D eigenvalue weighted by molar-refractivity contribution is 5.95. The quantitative estimate of drug-likeness (QED) is 0.634. The van der Waals surface area contributed by atoms with Gasteiger partial charge in [-0.15, -0.1) is 0 Å². The maximum absolute atomic E-state index is 11.6. The van der Waals surface area contributed by atoms with Crippen molar-refractivity contribution in [2.24, 2.45) is 5.73 Å². The van der Waals surface area contributed by atoms with Gasteiger partial charge < -0.3 is 15.2 Å². The van der Waals surface area contributed by atoms with E-state index in [0.29, 0.717) is 12.1 Å². The molecular formula is C15H18N4O. The van der Waals surface area contributed by atoms with E-state index in [9.17, 15) is 4.79 Å². The molecule has 0 bridgehead atoms. The van der Waals surface area contributed by atoms with E-state index in [0.717, 1.165) is 12.2 Å². The fourth-order valence-electron chi connectivity index (χ4n) is 1.93. The number of nitrogen functional groups attached to an aromatic ring is 1. The van der Waals surface area contributed by atoms with Gasteiger partial charge in [0, 0.05) is 43.7 Å². The maximum atomic E-state index is 11.6. The summed E-state index contributed by atoms with van der Waals surface area (Å²) in [5, 5.41) is 7.36. The van der Waals surface area contributed by atoms with Gasteiger partial charge in [0.25, 0.3) is 5.56 Å². The summed E-state index contributed by atoms with van der Waals surface area (Å²) >= 11 is 0. The normalized spacial score (nSPS) is 10.2. The summed E-state index contributed by atoms with van der Waals surface area (Å²) in [5.74, 6) is 0.0649. The molecule has 0 aliphatic rings. The van der Waals surface area contributed by atoms with E-state index >= 15 is 0 Å². The minimum atomic E-state index is 0.00725. The van der Waals surface area contributed by atoms with Crippen LogP contribution in [0.4, 0.5) is 5.69 Å². The molecule has 2 aromatic rings. The number of benzene rings is 1. The Labute approximate surface area is 117 Å². The van der Waals surface area contributed by atoms with Gasteiger partial charge in [0.05, 0.1) is 0 Å². The van der Waals surface area contributed by atoms with Crippen LogP contribution in [0.5, 0.6) is 0 Å². The Kier molecular flexibility index (Phi) is 4.20. The number of nitrogens with two attached hydrogens (primary N) is 1. The van der Waals surface area contributed by atoms with Gasteiger partial charge in [-0.1, -0.05) is 6.07 Å². The van der Waals surface area contributed by atoms with Crippen molar-refractivity contribution in [2.45, 2.75) is 6.54 Å². The molecule has 20 heavy (non-hydrogen) atoms. The van der Waals surface area contributed by atoms with E-state index in [2.05, 4.69) is 4.90 Å². The largest absolute Gasteiger partial charge is 0.384 e. The Morgan fingerprint density at radius 2 is 1.95 bits per heavy atom. The molecule has 1 aromatic carbocycles. The fourth-order valence-corrected chi connectivity index (χ4v) is 1.93. The van der Waals surface area contributed by atoms with E-state index < -0.39 is 0 Å². The van der Waals surface area contributed by atoms with Crippen molar-refractivity contribution in [3.05, 3.63) is 64.6 Å². The molecule has 0 unspecified atom stereocenters. The second kappa shape index (κ2) is 6.06. The number of hydrogen-bond donors (Lipinski definition) is 2. The van der Waals surface area contributed by atoms with Crippen LogP contribution in [0.2, 0.25) is 0 Å². The molecule has 5 heteroatoms. The Morgan fingerprint density at radius 3 is 2.55 bits per heavy atom. The number of amidine groups is 1. The van der Waals surface area contributed by atoms with Crippen LogP contribution in [0.3, 0.4) is 0 Å². The first-order valence-corrected chi connectivity index (χ1v) is 6.39. The molecule has 1 heterocycles. The van der Waals surface area contributed by atoms with Gasteiger partial charge in [-0.05, 0) is 30.3 Å². The average molecular weight is 270 g/mol. The average Bonchev–Trinajstić information content (AvgIpc) is 2.46. The standard InChI is InChI=1S/C15H18N4O/c1-18(10-11-19-9-3-2-4-14(19)20)13-7-5-12(6-8-13)15(16)17/h2-9H,10-11H2,1H3,(H3,16,17). The molecule has 0 spiro atoms. The van der Waals surface area contributed by atoms with Gasteiger partial charge in [-0.25, -0.2) is 0 Å². The molecule has 0 atom stereocenters. The highest BCUT2D eigenvalue weighted by atomic mass is 16.1. The van der Waals surface area contributed by atoms with E-state index in [1.807, 2.05) is 37.4 Å². The molecular weight excluding hydrogens is 252 g/mol. The van der Waals surface area contributed by atoms with Crippen molar-refractivity contribution in [2.75, 3.05) is 18.5 Å². The SMILES string of the molecule is CN(CCn1ccccc1=O)c1ccc(C(=N)N)cc1. The summed E-state index contributed by atoms with van der Waals surface area (Å²) in [4.78, 5) is 13.7. The van der Waals surface area contributed by atoms with Crippen molar-refractivity contribution >= 4 is 11.5 Å². The summed E-state index contributed by atoms with van der Waals surface area (Å²) in [6, 6.07) is 12.6. The first kappa shape index (κ1) is 13.9. The number of nitrogens with zero attached hydrogens (tertiary/aromatic N) is 2. The molecule has 1 aromatic heterocycles. The molecule has 3 N–H and O–H groups in total. The number of rotatable bonds is 5. The fraction of sp³-hybridized carbons (Fsp3) is 0.200. The van der Waals surface area contributed by atoms with Crippen molar-refractivity contribution < 1.29 is 0 Å². The third kappa shape index (κ3) is 3.26. The maximum Gasteiger partial charge on any atom is 0.250 e. The molecule has 0 aliphatic heterocycles. The van der Waals surface area contributed by atoms with E-state index in [4.69, 9.17) is 11.1 Å². The lowest BCUT2D eigenvalue weighted by Crippen LogP contribution is -2.27. The van der Waals surface area contributed by atoms with Crippen molar-refractivity contribution in [1.82, 2.24) is 4.57 Å². The summed E-state index contributed by atoms with van der Waals surface area (Å²) < 4.78 is 1.68. The zero-order valence-electron chi connectivity index (χ0n) is 11.4. The van der Waals surface area contributed by atoms with Crippen molar-refractivity contribution in [3.8, 4) is 0 Å². The molecule has 0 aliphatic carbocycles. The van der Waals surface area contributed by atoms with Crippen LogP contribution in [0.25, 0.3) is 0 Å². The Morgan fingerprint density at radius 1 is 1.25 bits per heavy atom. The molecule has 0 radical (unpaired) electrons. The van der Waals surface area contributed by atoms with Crippen LogP contribution in [-0.4, -0.2) is 24.0 Å². The first-order chi connectivity index (χ1) is 9.58. The highest BCUT2D eigenvalue weighted by Crippen LogP contribution is 2.13. The number of pyridine rings is 1. The van der Waals surface area contributed by atoms with Crippen LogP contribution in [-0.2, 0) is 6.54 Å². The van der Waals surface area contributed by atoms with Crippen LogP contribution in [0.1, 0.15) is 5.56 Å². The molecule has 104 valence electrons. The number of hydrogen-bond acceptors (Lipinski definition) is 3. The molecule has 0 saturated heterocycles. The van der Waals surface area contributed by atoms with E-state index in [-0.39, 0.29) is 11.4 Å². The van der Waals surface area contributed by atoms with Gasteiger partial charge in [-0.2, -0.15) is 0 Å². The molecule has 5 nitrogen and oxygen atoms in total. The van der Waals surface area contributed by atoms with Gasteiger partial charge in [0.1, 0.15) is 5.84 Å². The minimum absolute atomic E-state index is 0.00725. The number of aromatic nitrogens is 1. The topological polar surface area (TPSA) is 75.1 Å². The third-order valence-electron chi connectivity index (χ3n) is 3.19. The molecule has 0 amide bonds. The summed E-state index contributed by atoms with van der Waals surface area (Å²) in [7, 11) is 1.97.